The Morgan fingerprint density at radius 3 is 2.71 bits per heavy atom. The molecule has 0 aliphatic heterocycles. The Morgan fingerprint density at radius 2 is 1.94 bits per heavy atom. The normalized spacial score (nSPS) is 11.3. The second kappa shape index (κ2) is 8.34. The smallest absolute Gasteiger partial charge is 0.196 e. The molecular weight excluding hydrogens is 451 g/mol. The van der Waals surface area contributed by atoms with Gasteiger partial charge in [0.1, 0.15) is 5.65 Å². The molecule has 5 aromatic rings. The Morgan fingerprint density at radius 1 is 1.03 bits per heavy atom. The zero-order valence-electron chi connectivity index (χ0n) is 16.4. The quantitative estimate of drug-likeness (QED) is 0.302. The molecule has 0 aliphatic rings. The summed E-state index contributed by atoms with van der Waals surface area (Å²) in [4.78, 5) is 8.97. The summed E-state index contributed by atoms with van der Waals surface area (Å²) in [7, 11) is 0. The van der Waals surface area contributed by atoms with Gasteiger partial charge in [0.2, 0.25) is 0 Å². The molecule has 0 unspecified atom stereocenters. The molecule has 0 saturated heterocycles. The van der Waals surface area contributed by atoms with E-state index in [0.717, 1.165) is 33.3 Å². The van der Waals surface area contributed by atoms with Crippen molar-refractivity contribution < 1.29 is 0 Å². The number of pyridine rings is 2. The first-order chi connectivity index (χ1) is 15.1. The van der Waals surface area contributed by atoms with Crippen LogP contribution < -0.4 is 0 Å². The van der Waals surface area contributed by atoms with Crippen molar-refractivity contribution in [2.75, 3.05) is 0 Å². The van der Waals surface area contributed by atoms with Crippen LogP contribution in [0, 0.1) is 6.92 Å². The lowest BCUT2D eigenvalue weighted by molar-refractivity contribution is 0.885. The molecule has 0 aliphatic carbocycles. The molecule has 154 valence electrons. The number of hydrogen-bond donors (Lipinski definition) is 0. The standard InChI is InChI=1S/C22H16Cl2N6S/c1-14-4-3-9-29-12-16(26-20(14)29)13-31-22-28-27-21(15-5-2-8-25-11-15)30(22)17-6-7-18(23)19(24)10-17/h2-12H,13H2,1H3. The third kappa shape index (κ3) is 3.92. The molecular formula is C22H16Cl2N6S. The number of benzene rings is 1. The number of fused-ring (bicyclic) bond motifs is 1. The van der Waals surface area contributed by atoms with Crippen molar-refractivity contribution in [3.63, 3.8) is 0 Å². The van der Waals surface area contributed by atoms with Gasteiger partial charge >= 0.3 is 0 Å². The molecule has 1 aromatic carbocycles. The highest BCUT2D eigenvalue weighted by Crippen LogP contribution is 2.32. The number of imidazole rings is 1. The van der Waals surface area contributed by atoms with E-state index in [-0.39, 0.29) is 0 Å². The van der Waals surface area contributed by atoms with Crippen molar-refractivity contribution in [2.24, 2.45) is 0 Å². The Kier molecular flexibility index (Phi) is 5.40. The SMILES string of the molecule is Cc1cccn2cc(CSc3nnc(-c4cccnc4)n3-c3ccc(Cl)c(Cl)c3)nc12. The van der Waals surface area contributed by atoms with E-state index in [1.807, 2.05) is 51.7 Å². The number of halogens is 2. The minimum atomic E-state index is 0.469. The largest absolute Gasteiger partial charge is 0.307 e. The number of nitrogens with zero attached hydrogens (tertiary/aromatic N) is 6. The first-order valence-corrected chi connectivity index (χ1v) is 11.2. The summed E-state index contributed by atoms with van der Waals surface area (Å²) < 4.78 is 4.00. The molecule has 0 saturated carbocycles. The molecule has 4 heterocycles. The highest BCUT2D eigenvalue weighted by atomic mass is 35.5. The third-order valence-electron chi connectivity index (χ3n) is 4.79. The molecule has 4 aromatic heterocycles. The summed E-state index contributed by atoms with van der Waals surface area (Å²) in [6.45, 7) is 2.06. The zero-order chi connectivity index (χ0) is 21.4. The zero-order valence-corrected chi connectivity index (χ0v) is 18.7. The minimum absolute atomic E-state index is 0.469. The number of aromatic nitrogens is 6. The van der Waals surface area contributed by atoms with E-state index in [0.29, 0.717) is 21.6 Å². The third-order valence-corrected chi connectivity index (χ3v) is 6.49. The van der Waals surface area contributed by atoms with Crippen molar-refractivity contribution in [1.82, 2.24) is 29.1 Å². The summed E-state index contributed by atoms with van der Waals surface area (Å²) in [5.41, 5.74) is 4.74. The molecule has 0 fully saturated rings. The summed E-state index contributed by atoms with van der Waals surface area (Å²) >= 11 is 14.0. The molecule has 0 atom stereocenters. The van der Waals surface area contributed by atoms with Crippen LogP contribution in [0.5, 0.6) is 0 Å². The van der Waals surface area contributed by atoms with Crippen LogP contribution in [-0.4, -0.2) is 29.1 Å². The van der Waals surface area contributed by atoms with E-state index in [4.69, 9.17) is 28.2 Å². The molecule has 0 radical (unpaired) electrons. The fraction of sp³-hybridized carbons (Fsp3) is 0.0909. The van der Waals surface area contributed by atoms with Gasteiger partial charge in [0.05, 0.1) is 21.4 Å². The highest BCUT2D eigenvalue weighted by Gasteiger charge is 2.18. The van der Waals surface area contributed by atoms with Crippen LogP contribution in [0.2, 0.25) is 10.0 Å². The lowest BCUT2D eigenvalue weighted by Gasteiger charge is -2.11. The van der Waals surface area contributed by atoms with Crippen molar-refractivity contribution in [3.8, 4) is 17.1 Å². The van der Waals surface area contributed by atoms with Crippen LogP contribution in [0.3, 0.4) is 0 Å². The average Bonchev–Trinajstić information content (AvgIpc) is 3.40. The molecule has 0 amide bonds. The van der Waals surface area contributed by atoms with E-state index in [9.17, 15) is 0 Å². The minimum Gasteiger partial charge on any atom is -0.307 e. The molecule has 9 heteroatoms. The Hall–Kier alpha value is -2.87. The van der Waals surface area contributed by atoms with Gasteiger partial charge in [-0.1, -0.05) is 41.0 Å². The predicted molar refractivity (Wildman–Crippen MR) is 124 cm³/mol. The van der Waals surface area contributed by atoms with Crippen molar-refractivity contribution in [1.29, 1.82) is 0 Å². The molecule has 6 nitrogen and oxygen atoms in total. The van der Waals surface area contributed by atoms with Gasteiger partial charge in [0.15, 0.2) is 11.0 Å². The first kappa shape index (κ1) is 20.1. The number of rotatable bonds is 5. The van der Waals surface area contributed by atoms with Crippen molar-refractivity contribution in [3.05, 3.63) is 88.6 Å². The van der Waals surface area contributed by atoms with E-state index in [1.165, 1.54) is 0 Å². The van der Waals surface area contributed by atoms with Crippen LogP contribution in [0.15, 0.2) is 72.4 Å². The van der Waals surface area contributed by atoms with Gasteiger partial charge in [-0.3, -0.25) is 9.55 Å². The van der Waals surface area contributed by atoms with Crippen molar-refractivity contribution >= 4 is 40.6 Å². The van der Waals surface area contributed by atoms with Gasteiger partial charge in [0.25, 0.3) is 0 Å². The van der Waals surface area contributed by atoms with Crippen LogP contribution in [-0.2, 0) is 5.75 Å². The monoisotopic (exact) mass is 466 g/mol. The fourth-order valence-corrected chi connectivity index (χ4v) is 4.44. The lowest BCUT2D eigenvalue weighted by atomic mass is 10.2. The van der Waals surface area contributed by atoms with Gasteiger partial charge in [-0.2, -0.15) is 0 Å². The Bertz CT molecular complexity index is 1380. The van der Waals surface area contributed by atoms with E-state index < -0.39 is 0 Å². The molecule has 5 rings (SSSR count). The second-order valence-electron chi connectivity index (χ2n) is 6.92. The van der Waals surface area contributed by atoms with Gasteiger partial charge in [-0.05, 0) is 48.9 Å². The summed E-state index contributed by atoms with van der Waals surface area (Å²) in [5.74, 6) is 1.33. The first-order valence-electron chi connectivity index (χ1n) is 9.47. The highest BCUT2D eigenvalue weighted by molar-refractivity contribution is 7.98. The number of hydrogen-bond acceptors (Lipinski definition) is 5. The maximum Gasteiger partial charge on any atom is 0.196 e. The van der Waals surface area contributed by atoms with Crippen LogP contribution in [0.4, 0.5) is 0 Å². The molecule has 0 spiro atoms. The lowest BCUT2D eigenvalue weighted by Crippen LogP contribution is -2.00. The maximum absolute atomic E-state index is 6.30. The maximum atomic E-state index is 6.30. The van der Waals surface area contributed by atoms with Gasteiger partial charge in [-0.15, -0.1) is 10.2 Å². The fourth-order valence-electron chi connectivity index (χ4n) is 3.31. The van der Waals surface area contributed by atoms with E-state index in [1.54, 1.807) is 30.2 Å². The van der Waals surface area contributed by atoms with Gasteiger partial charge < -0.3 is 4.40 Å². The molecule has 31 heavy (non-hydrogen) atoms. The van der Waals surface area contributed by atoms with E-state index >= 15 is 0 Å². The topological polar surface area (TPSA) is 60.9 Å². The van der Waals surface area contributed by atoms with Gasteiger partial charge in [0, 0.05) is 36.1 Å². The molecule has 0 N–H and O–H groups in total. The summed E-state index contributed by atoms with van der Waals surface area (Å²) in [6, 6.07) is 13.4. The van der Waals surface area contributed by atoms with Crippen LogP contribution >= 0.6 is 35.0 Å². The predicted octanol–water partition coefficient (Wildman–Crippen LogP) is 5.88. The summed E-state index contributed by atoms with van der Waals surface area (Å²) in [5, 5.41) is 10.6. The number of aryl methyl sites for hydroxylation is 1. The summed E-state index contributed by atoms with van der Waals surface area (Å²) in [6.07, 6.45) is 7.53. The number of thioether (sulfide) groups is 1. The average molecular weight is 467 g/mol. The second-order valence-corrected chi connectivity index (χ2v) is 8.68. The van der Waals surface area contributed by atoms with Gasteiger partial charge in [-0.25, -0.2) is 4.98 Å². The Balaban J connectivity index is 1.54. The van der Waals surface area contributed by atoms with Crippen LogP contribution in [0.1, 0.15) is 11.3 Å². The Labute approximate surface area is 192 Å². The van der Waals surface area contributed by atoms with E-state index in [2.05, 4.69) is 28.2 Å². The molecule has 0 bridgehead atoms. The van der Waals surface area contributed by atoms with Crippen molar-refractivity contribution in [2.45, 2.75) is 17.8 Å². The van der Waals surface area contributed by atoms with Crippen LogP contribution in [0.25, 0.3) is 22.7 Å².